The van der Waals surface area contributed by atoms with Gasteiger partial charge in [-0.25, -0.2) is 0 Å². The van der Waals surface area contributed by atoms with Crippen LogP contribution in [0.5, 0.6) is 0 Å². The Balaban J connectivity index is 1.73. The van der Waals surface area contributed by atoms with E-state index in [0.717, 1.165) is 43.7 Å². The molecule has 0 aromatic heterocycles. The number of fused-ring (bicyclic) bond motifs is 1. The summed E-state index contributed by atoms with van der Waals surface area (Å²) in [5, 5.41) is 3.53. The van der Waals surface area contributed by atoms with E-state index in [1.54, 1.807) is 0 Å². The number of Topliss-reactive ketones (excluding diaryl/α,β-unsaturated/α-hetero) is 1. The summed E-state index contributed by atoms with van der Waals surface area (Å²) in [7, 11) is 0. The Kier molecular flexibility index (Phi) is 2.85. The SMILES string of the molecule is O=C1CCc2cc(NC3CCOCC3)ccc21. The third-order valence-electron chi connectivity index (χ3n) is 3.62. The topological polar surface area (TPSA) is 38.3 Å². The van der Waals surface area contributed by atoms with Gasteiger partial charge in [0.1, 0.15) is 0 Å². The molecule has 1 aliphatic carbocycles. The van der Waals surface area contributed by atoms with Crippen molar-refractivity contribution in [2.24, 2.45) is 0 Å². The Morgan fingerprint density at radius 2 is 2.00 bits per heavy atom. The van der Waals surface area contributed by atoms with Crippen LogP contribution in [0.1, 0.15) is 35.2 Å². The fraction of sp³-hybridized carbons (Fsp3) is 0.500. The first kappa shape index (κ1) is 10.8. The van der Waals surface area contributed by atoms with Crippen LogP contribution in [0, 0.1) is 0 Å². The Hall–Kier alpha value is -1.35. The van der Waals surface area contributed by atoms with Crippen LogP contribution in [-0.2, 0) is 11.2 Å². The number of hydrogen-bond donors (Lipinski definition) is 1. The number of nitrogens with one attached hydrogen (secondary N) is 1. The van der Waals surface area contributed by atoms with Gasteiger partial charge in [-0.3, -0.25) is 4.79 Å². The van der Waals surface area contributed by atoms with Gasteiger partial charge in [-0.05, 0) is 43.0 Å². The van der Waals surface area contributed by atoms with Gasteiger partial charge in [0, 0.05) is 36.9 Å². The molecule has 0 bridgehead atoms. The number of benzene rings is 1. The molecule has 1 aromatic carbocycles. The summed E-state index contributed by atoms with van der Waals surface area (Å²) in [5.41, 5.74) is 3.26. The molecular weight excluding hydrogens is 214 g/mol. The summed E-state index contributed by atoms with van der Waals surface area (Å²) in [4.78, 5) is 11.5. The van der Waals surface area contributed by atoms with Crippen LogP contribution in [0.4, 0.5) is 5.69 Å². The molecule has 0 radical (unpaired) electrons. The molecule has 3 nitrogen and oxygen atoms in total. The Labute approximate surface area is 101 Å². The van der Waals surface area contributed by atoms with E-state index in [1.807, 2.05) is 12.1 Å². The molecule has 0 spiro atoms. The lowest BCUT2D eigenvalue weighted by Gasteiger charge is -2.24. The number of aryl methyl sites for hydroxylation is 1. The van der Waals surface area contributed by atoms with Crippen molar-refractivity contribution >= 4 is 11.5 Å². The van der Waals surface area contributed by atoms with Gasteiger partial charge in [0.05, 0.1) is 0 Å². The lowest BCUT2D eigenvalue weighted by molar-refractivity contribution is 0.0904. The molecule has 1 aromatic rings. The average Bonchev–Trinajstić information content (AvgIpc) is 2.72. The van der Waals surface area contributed by atoms with Gasteiger partial charge >= 0.3 is 0 Å². The number of rotatable bonds is 2. The smallest absolute Gasteiger partial charge is 0.163 e. The predicted molar refractivity (Wildman–Crippen MR) is 66.6 cm³/mol. The molecule has 2 aliphatic rings. The van der Waals surface area contributed by atoms with Crippen LogP contribution in [-0.4, -0.2) is 25.0 Å². The third kappa shape index (κ3) is 2.20. The van der Waals surface area contributed by atoms with Crippen LogP contribution < -0.4 is 5.32 Å². The molecule has 1 N–H and O–H groups in total. The van der Waals surface area contributed by atoms with E-state index in [1.165, 1.54) is 5.56 Å². The molecule has 3 rings (SSSR count). The van der Waals surface area contributed by atoms with Crippen LogP contribution in [0.2, 0.25) is 0 Å². The lowest BCUT2D eigenvalue weighted by atomic mass is 10.1. The van der Waals surface area contributed by atoms with Gasteiger partial charge < -0.3 is 10.1 Å². The standard InChI is InChI=1S/C14H17NO2/c16-14-4-1-10-9-12(2-3-13(10)14)15-11-5-7-17-8-6-11/h2-3,9,11,15H,1,4-8H2. The predicted octanol–water partition coefficient (Wildman–Crippen LogP) is 2.41. The molecule has 17 heavy (non-hydrogen) atoms. The number of carbonyl (C=O) groups is 1. The molecule has 1 aliphatic heterocycles. The van der Waals surface area contributed by atoms with Crippen LogP contribution in [0.25, 0.3) is 0 Å². The monoisotopic (exact) mass is 231 g/mol. The number of ether oxygens (including phenoxy) is 1. The van der Waals surface area contributed by atoms with Crippen molar-refractivity contribution in [1.82, 2.24) is 0 Å². The molecule has 0 atom stereocenters. The molecule has 0 saturated carbocycles. The van der Waals surface area contributed by atoms with Gasteiger partial charge in [0.2, 0.25) is 0 Å². The molecule has 0 unspecified atom stereocenters. The molecule has 1 fully saturated rings. The molecule has 90 valence electrons. The highest BCUT2D eigenvalue weighted by molar-refractivity contribution is 6.00. The maximum atomic E-state index is 11.5. The Bertz CT molecular complexity index is 436. The lowest BCUT2D eigenvalue weighted by Crippen LogP contribution is -2.27. The van der Waals surface area contributed by atoms with Crippen LogP contribution in [0.15, 0.2) is 18.2 Å². The minimum absolute atomic E-state index is 0.289. The summed E-state index contributed by atoms with van der Waals surface area (Å²) in [6, 6.07) is 6.64. The highest BCUT2D eigenvalue weighted by Crippen LogP contribution is 2.26. The quantitative estimate of drug-likeness (QED) is 0.849. The fourth-order valence-electron chi connectivity index (χ4n) is 2.62. The van der Waals surface area contributed by atoms with E-state index in [0.29, 0.717) is 12.5 Å². The highest BCUT2D eigenvalue weighted by atomic mass is 16.5. The number of carbonyl (C=O) groups excluding carboxylic acids is 1. The second-order valence-corrected chi connectivity index (χ2v) is 4.83. The van der Waals surface area contributed by atoms with E-state index in [4.69, 9.17) is 4.74 Å². The van der Waals surface area contributed by atoms with Crippen molar-refractivity contribution in [3.63, 3.8) is 0 Å². The number of ketones is 1. The van der Waals surface area contributed by atoms with Gasteiger partial charge in [-0.15, -0.1) is 0 Å². The maximum Gasteiger partial charge on any atom is 0.163 e. The highest BCUT2D eigenvalue weighted by Gasteiger charge is 2.20. The Morgan fingerprint density at radius 1 is 1.18 bits per heavy atom. The molecule has 3 heteroatoms. The van der Waals surface area contributed by atoms with Gasteiger partial charge in [-0.1, -0.05) is 0 Å². The molecule has 1 saturated heterocycles. The first-order chi connectivity index (χ1) is 8.33. The summed E-state index contributed by atoms with van der Waals surface area (Å²) >= 11 is 0. The first-order valence-electron chi connectivity index (χ1n) is 6.33. The van der Waals surface area contributed by atoms with Crippen molar-refractivity contribution in [2.45, 2.75) is 31.7 Å². The number of anilines is 1. The normalized spacial score (nSPS) is 20.4. The molecule has 0 amide bonds. The van der Waals surface area contributed by atoms with Gasteiger partial charge in [0.25, 0.3) is 0 Å². The number of hydrogen-bond acceptors (Lipinski definition) is 3. The van der Waals surface area contributed by atoms with E-state index in [9.17, 15) is 4.79 Å². The third-order valence-corrected chi connectivity index (χ3v) is 3.62. The van der Waals surface area contributed by atoms with Crippen molar-refractivity contribution < 1.29 is 9.53 Å². The minimum atomic E-state index is 0.289. The zero-order chi connectivity index (χ0) is 11.7. The summed E-state index contributed by atoms with van der Waals surface area (Å²) in [5.74, 6) is 0.289. The largest absolute Gasteiger partial charge is 0.382 e. The van der Waals surface area contributed by atoms with Gasteiger partial charge in [0.15, 0.2) is 5.78 Å². The van der Waals surface area contributed by atoms with E-state index in [2.05, 4.69) is 11.4 Å². The van der Waals surface area contributed by atoms with Crippen molar-refractivity contribution in [3.05, 3.63) is 29.3 Å². The first-order valence-corrected chi connectivity index (χ1v) is 6.33. The summed E-state index contributed by atoms with van der Waals surface area (Å²) in [6.45, 7) is 1.70. The van der Waals surface area contributed by atoms with Crippen molar-refractivity contribution in [3.8, 4) is 0 Å². The van der Waals surface area contributed by atoms with Crippen molar-refractivity contribution in [1.29, 1.82) is 0 Å². The molecule has 1 heterocycles. The van der Waals surface area contributed by atoms with Crippen molar-refractivity contribution in [2.75, 3.05) is 18.5 Å². The average molecular weight is 231 g/mol. The zero-order valence-corrected chi connectivity index (χ0v) is 9.87. The second-order valence-electron chi connectivity index (χ2n) is 4.83. The fourth-order valence-corrected chi connectivity index (χ4v) is 2.62. The Morgan fingerprint density at radius 3 is 2.82 bits per heavy atom. The van der Waals surface area contributed by atoms with E-state index in [-0.39, 0.29) is 5.78 Å². The van der Waals surface area contributed by atoms with E-state index >= 15 is 0 Å². The van der Waals surface area contributed by atoms with Crippen LogP contribution >= 0.6 is 0 Å². The zero-order valence-electron chi connectivity index (χ0n) is 9.87. The second kappa shape index (κ2) is 4.49. The maximum absolute atomic E-state index is 11.5. The van der Waals surface area contributed by atoms with E-state index < -0.39 is 0 Å². The van der Waals surface area contributed by atoms with Crippen LogP contribution in [0.3, 0.4) is 0 Å². The summed E-state index contributed by atoms with van der Waals surface area (Å²) < 4.78 is 5.34. The minimum Gasteiger partial charge on any atom is -0.382 e. The van der Waals surface area contributed by atoms with Gasteiger partial charge in [-0.2, -0.15) is 0 Å². The summed E-state index contributed by atoms with van der Waals surface area (Å²) in [6.07, 6.45) is 3.71. The molecular formula is C14H17NO2.